The predicted octanol–water partition coefficient (Wildman–Crippen LogP) is 15.7. The first-order chi connectivity index (χ1) is 31.3. The van der Waals surface area contributed by atoms with Gasteiger partial charge in [0.25, 0.3) is 0 Å². The Kier molecular flexibility index (Phi) is 7.41. The number of furan rings is 1. The molecule has 7 aromatic carbocycles. The predicted molar refractivity (Wildman–Crippen MR) is 266 cm³/mol. The molecule has 0 fully saturated rings. The van der Waals surface area contributed by atoms with Crippen LogP contribution in [0, 0.1) is 41.9 Å². The van der Waals surface area contributed by atoms with E-state index in [2.05, 4.69) is 193 Å². The molecule has 4 aliphatic rings. The van der Waals surface area contributed by atoms with Gasteiger partial charge in [-0.05, 0) is 135 Å². The van der Waals surface area contributed by atoms with Gasteiger partial charge in [0, 0.05) is 50.1 Å². The summed E-state index contributed by atoms with van der Waals surface area (Å²) in [4.78, 5) is 0. The summed E-state index contributed by atoms with van der Waals surface area (Å²) in [5, 5.41) is 29.0. The first-order valence-corrected chi connectivity index (χ1v) is 23.0. The number of benzene rings is 7. The third-order valence-electron chi connectivity index (χ3n) is 15.7. The quantitative estimate of drug-likeness (QED) is 0.174. The lowest BCUT2D eigenvalue weighted by atomic mass is 9.59. The maximum Gasteiger partial charge on any atom is 0.153 e. The van der Waals surface area contributed by atoms with Crippen molar-refractivity contribution in [2.75, 3.05) is 0 Å². The van der Waals surface area contributed by atoms with Crippen LogP contribution in [0.2, 0.25) is 0 Å². The molecule has 3 heterocycles. The molecule has 1 atom stereocenters. The first kappa shape index (κ1) is 38.1. The van der Waals surface area contributed by atoms with Gasteiger partial charge in [-0.15, -0.1) is 0 Å². The van der Waals surface area contributed by atoms with Gasteiger partial charge in [-0.2, -0.15) is 10.5 Å². The minimum atomic E-state index is -0.179. The maximum absolute atomic E-state index is 11.2. The van der Waals surface area contributed by atoms with E-state index >= 15 is 0 Å². The molecule has 312 valence electrons. The van der Waals surface area contributed by atoms with Gasteiger partial charge in [0.15, 0.2) is 5.58 Å². The fourth-order valence-corrected chi connectivity index (χ4v) is 13.1. The standard InChI is InChI=1S/C61H47N3O/c1-31-15-13-16-32(2)48(31)42-23-34(57-33(3)17-14-22-61(57,7)8)26-47-54(42)56-53-44-28-37(60(4,5)6)27-43-52-45(64(58(43)44)46(53)25-36(30-63)59(56)65-47)24-35(29-62)49-50-38-18-9-11-20-40(38)51(55(49)52)41-21-12-10-19-39(41)50/h9-28,50-51,57H,1-8H3. The van der Waals surface area contributed by atoms with Gasteiger partial charge in [0.1, 0.15) is 11.7 Å². The van der Waals surface area contributed by atoms with Gasteiger partial charge in [-0.25, -0.2) is 0 Å². The van der Waals surface area contributed by atoms with Crippen LogP contribution >= 0.6 is 0 Å². The number of fused-ring (bicyclic) bond motifs is 10. The Labute approximate surface area is 378 Å². The van der Waals surface area contributed by atoms with Crippen LogP contribution in [0.5, 0.6) is 0 Å². The van der Waals surface area contributed by atoms with E-state index in [0.717, 1.165) is 54.8 Å². The lowest BCUT2D eigenvalue weighted by Crippen LogP contribution is -2.28. The largest absolute Gasteiger partial charge is 0.455 e. The lowest BCUT2D eigenvalue weighted by molar-refractivity contribution is 0.406. The van der Waals surface area contributed by atoms with Crippen LogP contribution in [0.25, 0.3) is 71.2 Å². The Morgan fingerprint density at radius 1 is 0.646 bits per heavy atom. The average Bonchev–Trinajstić information content (AvgIpc) is 3.94. The molecule has 0 radical (unpaired) electrons. The molecule has 65 heavy (non-hydrogen) atoms. The lowest BCUT2D eigenvalue weighted by Gasteiger charge is -2.43. The molecular formula is C61H47N3O. The van der Waals surface area contributed by atoms with Crippen LogP contribution in [-0.4, -0.2) is 4.40 Å². The van der Waals surface area contributed by atoms with Crippen molar-refractivity contribution < 1.29 is 4.42 Å². The van der Waals surface area contributed by atoms with Gasteiger partial charge in [0.05, 0.1) is 33.7 Å². The smallest absolute Gasteiger partial charge is 0.153 e. The molecule has 0 aliphatic heterocycles. The first-order valence-electron chi connectivity index (χ1n) is 23.0. The highest BCUT2D eigenvalue weighted by atomic mass is 16.3. The Morgan fingerprint density at radius 3 is 1.83 bits per heavy atom. The van der Waals surface area contributed by atoms with E-state index in [-0.39, 0.29) is 28.6 Å². The summed E-state index contributed by atoms with van der Waals surface area (Å²) in [5.74, 6) is 0.0780. The number of allylic oxidation sites excluding steroid dienone is 4. The van der Waals surface area contributed by atoms with Crippen LogP contribution in [0.3, 0.4) is 0 Å². The van der Waals surface area contributed by atoms with Crippen molar-refractivity contribution in [3.8, 4) is 23.3 Å². The normalized spacial score (nSPS) is 18.4. The zero-order chi connectivity index (χ0) is 44.6. The number of rotatable bonds is 2. The monoisotopic (exact) mass is 837 g/mol. The minimum absolute atomic E-state index is 0.0231. The Balaban J connectivity index is 1.24. The topological polar surface area (TPSA) is 65.1 Å². The number of nitriles is 2. The van der Waals surface area contributed by atoms with Crippen LogP contribution in [0.4, 0.5) is 0 Å². The summed E-state index contributed by atoms with van der Waals surface area (Å²) in [5.41, 5.74) is 21.5. The third kappa shape index (κ3) is 4.79. The van der Waals surface area contributed by atoms with E-state index in [1.807, 2.05) is 0 Å². The van der Waals surface area contributed by atoms with Crippen molar-refractivity contribution in [2.24, 2.45) is 5.41 Å². The van der Waals surface area contributed by atoms with E-state index in [0.29, 0.717) is 16.7 Å². The molecule has 2 bridgehead atoms. The average molecular weight is 838 g/mol. The highest BCUT2D eigenvalue weighted by Crippen LogP contribution is 2.60. The number of aromatic nitrogens is 1. The molecule has 0 N–H and O–H groups in total. The zero-order valence-corrected chi connectivity index (χ0v) is 38.0. The van der Waals surface area contributed by atoms with Crippen molar-refractivity contribution in [1.82, 2.24) is 4.40 Å². The molecule has 0 saturated heterocycles. The van der Waals surface area contributed by atoms with Crippen LogP contribution < -0.4 is 0 Å². The van der Waals surface area contributed by atoms with Gasteiger partial charge in [-0.1, -0.05) is 125 Å². The van der Waals surface area contributed by atoms with Gasteiger partial charge < -0.3 is 8.82 Å². The Morgan fingerprint density at radius 2 is 1.23 bits per heavy atom. The summed E-state index contributed by atoms with van der Waals surface area (Å²) in [6.07, 6.45) is 6.74. The van der Waals surface area contributed by atoms with Crippen LogP contribution in [0.1, 0.15) is 126 Å². The number of nitrogens with zero attached hydrogens (tertiary/aromatic N) is 3. The number of hydrogen-bond donors (Lipinski definition) is 0. The molecule has 0 saturated carbocycles. The fraction of sp³-hybridized carbons (Fsp3) is 0.213. The third-order valence-corrected chi connectivity index (χ3v) is 15.7. The van der Waals surface area contributed by atoms with E-state index < -0.39 is 0 Å². The second kappa shape index (κ2) is 12.7. The molecule has 10 aromatic rings. The van der Waals surface area contributed by atoms with Crippen molar-refractivity contribution >= 4 is 60.0 Å². The van der Waals surface area contributed by atoms with Gasteiger partial charge >= 0.3 is 0 Å². The summed E-state index contributed by atoms with van der Waals surface area (Å²) < 4.78 is 9.52. The summed E-state index contributed by atoms with van der Waals surface area (Å²) in [6, 6.07) is 43.3. The SMILES string of the molecule is CC1=CC=CC(C)(C)C1c1cc(-c2c(C)cccc2C)c2c(c1)oc1c(C#N)cc3c(c4cc(C(C)(C)C)cc5c6c7c(c(C#N)cc6n3c54)C3c4ccccc4C7c4ccccc43)c12. The van der Waals surface area contributed by atoms with Crippen molar-refractivity contribution in [3.05, 3.63) is 194 Å². The maximum atomic E-state index is 11.2. The Bertz CT molecular complexity index is 3900. The van der Waals surface area contributed by atoms with E-state index in [4.69, 9.17) is 4.42 Å². The second-order valence-electron chi connectivity index (χ2n) is 20.9. The molecule has 0 spiro atoms. The van der Waals surface area contributed by atoms with E-state index in [1.54, 1.807) is 0 Å². The van der Waals surface area contributed by atoms with Crippen molar-refractivity contribution in [2.45, 2.75) is 78.6 Å². The van der Waals surface area contributed by atoms with Gasteiger partial charge in [-0.3, -0.25) is 0 Å². The van der Waals surface area contributed by atoms with Crippen molar-refractivity contribution in [3.63, 3.8) is 0 Å². The highest BCUT2D eigenvalue weighted by molar-refractivity contribution is 6.34. The van der Waals surface area contributed by atoms with Crippen molar-refractivity contribution in [1.29, 1.82) is 10.5 Å². The molecular weight excluding hydrogens is 791 g/mol. The molecule has 4 aliphatic carbocycles. The summed E-state index contributed by atoms with van der Waals surface area (Å²) in [6.45, 7) is 18.2. The van der Waals surface area contributed by atoms with Gasteiger partial charge in [0.2, 0.25) is 0 Å². The van der Waals surface area contributed by atoms with Crippen LogP contribution in [0.15, 0.2) is 131 Å². The fourth-order valence-electron chi connectivity index (χ4n) is 13.1. The summed E-state index contributed by atoms with van der Waals surface area (Å²) in [7, 11) is 0. The summed E-state index contributed by atoms with van der Waals surface area (Å²) >= 11 is 0. The van der Waals surface area contributed by atoms with E-state index in [9.17, 15) is 10.5 Å². The number of hydrogen-bond acceptors (Lipinski definition) is 3. The molecule has 1 unspecified atom stereocenters. The number of aryl methyl sites for hydroxylation is 2. The molecule has 4 heteroatoms. The zero-order valence-electron chi connectivity index (χ0n) is 38.0. The molecule has 4 nitrogen and oxygen atoms in total. The Hall–Kier alpha value is -7.40. The van der Waals surface area contributed by atoms with Crippen LogP contribution in [-0.2, 0) is 5.41 Å². The highest BCUT2D eigenvalue weighted by Gasteiger charge is 2.45. The van der Waals surface area contributed by atoms with E-state index in [1.165, 1.54) is 72.0 Å². The molecule has 14 rings (SSSR count). The molecule has 0 amide bonds. The minimum Gasteiger partial charge on any atom is -0.455 e. The second-order valence-corrected chi connectivity index (χ2v) is 20.9. The molecule has 3 aromatic heterocycles.